The van der Waals surface area contributed by atoms with Crippen molar-refractivity contribution in [3.63, 3.8) is 0 Å². The molecule has 0 aliphatic rings. The van der Waals surface area contributed by atoms with Gasteiger partial charge in [0.05, 0.1) is 17.4 Å². The molecule has 4 nitrogen and oxygen atoms in total. The predicted octanol–water partition coefficient (Wildman–Crippen LogP) is 5.06. The molecule has 1 N–H and O–H groups in total. The Hall–Kier alpha value is -2.85. The Kier molecular flexibility index (Phi) is 5.54. The summed E-state index contributed by atoms with van der Waals surface area (Å²) in [6.07, 6.45) is 3.28. The van der Waals surface area contributed by atoms with E-state index in [0.29, 0.717) is 17.1 Å². The second kappa shape index (κ2) is 8.02. The predicted molar refractivity (Wildman–Crippen MR) is 106 cm³/mol. The van der Waals surface area contributed by atoms with Crippen molar-refractivity contribution in [3.8, 4) is 0 Å². The molecule has 0 spiro atoms. The normalized spacial score (nSPS) is 10.4. The van der Waals surface area contributed by atoms with Crippen LogP contribution in [0.4, 0.5) is 11.4 Å². The van der Waals surface area contributed by atoms with Crippen molar-refractivity contribution in [2.24, 2.45) is 0 Å². The highest BCUT2D eigenvalue weighted by Crippen LogP contribution is 2.24. The molecule has 0 unspecified atom stereocenters. The van der Waals surface area contributed by atoms with Gasteiger partial charge in [0.1, 0.15) is 0 Å². The van der Waals surface area contributed by atoms with E-state index in [-0.39, 0.29) is 5.91 Å². The number of hydrogen-bond acceptors (Lipinski definition) is 3. The van der Waals surface area contributed by atoms with E-state index in [2.05, 4.69) is 10.3 Å². The minimum atomic E-state index is -0.0715. The van der Waals surface area contributed by atoms with Crippen LogP contribution in [0.15, 0.2) is 67.0 Å². The number of aromatic nitrogens is 1. The molecule has 0 atom stereocenters. The molecule has 3 rings (SSSR count). The van der Waals surface area contributed by atoms with Crippen LogP contribution in [0.25, 0.3) is 0 Å². The zero-order valence-corrected chi connectivity index (χ0v) is 15.5. The Morgan fingerprint density at radius 2 is 1.88 bits per heavy atom. The lowest BCUT2D eigenvalue weighted by atomic mass is 10.1. The van der Waals surface area contributed by atoms with Gasteiger partial charge in [-0.1, -0.05) is 41.9 Å². The summed E-state index contributed by atoms with van der Waals surface area (Å²) in [4.78, 5) is 18.6. The first-order chi connectivity index (χ1) is 12.5. The van der Waals surface area contributed by atoms with Crippen LogP contribution in [0.2, 0.25) is 5.02 Å². The van der Waals surface area contributed by atoms with Crippen molar-refractivity contribution in [2.45, 2.75) is 13.5 Å². The topological polar surface area (TPSA) is 45.2 Å². The second-order valence-corrected chi connectivity index (χ2v) is 6.63. The highest BCUT2D eigenvalue weighted by atomic mass is 35.5. The monoisotopic (exact) mass is 365 g/mol. The lowest BCUT2D eigenvalue weighted by molar-refractivity contribution is 0.0784. The standard InChI is InChI=1S/C21H20ClN3O/c1-15-10-18(22)8-9-20(15)24-19-11-17(12-23-13-19)21(26)25(2)14-16-6-4-3-5-7-16/h3-13,24H,14H2,1-2H3. The van der Waals surface area contributed by atoms with Crippen LogP contribution in [-0.4, -0.2) is 22.8 Å². The Balaban J connectivity index is 1.74. The zero-order valence-electron chi connectivity index (χ0n) is 14.7. The molecule has 0 bridgehead atoms. The third-order valence-corrected chi connectivity index (χ3v) is 4.30. The summed E-state index contributed by atoms with van der Waals surface area (Å²) in [6.45, 7) is 2.53. The quantitative estimate of drug-likeness (QED) is 0.687. The Morgan fingerprint density at radius 3 is 2.62 bits per heavy atom. The second-order valence-electron chi connectivity index (χ2n) is 6.19. The molecular formula is C21H20ClN3O. The van der Waals surface area contributed by atoms with Gasteiger partial charge >= 0.3 is 0 Å². The van der Waals surface area contributed by atoms with Crippen LogP contribution in [0.5, 0.6) is 0 Å². The van der Waals surface area contributed by atoms with Crippen LogP contribution >= 0.6 is 11.6 Å². The van der Waals surface area contributed by atoms with Crippen molar-refractivity contribution in [1.29, 1.82) is 0 Å². The van der Waals surface area contributed by atoms with Crippen molar-refractivity contribution in [3.05, 3.63) is 88.7 Å². The first-order valence-electron chi connectivity index (χ1n) is 8.30. The molecule has 0 aliphatic heterocycles. The fraction of sp³-hybridized carbons (Fsp3) is 0.143. The molecule has 0 saturated carbocycles. The SMILES string of the molecule is Cc1cc(Cl)ccc1Nc1cncc(C(=O)N(C)Cc2ccccc2)c1. The summed E-state index contributed by atoms with van der Waals surface area (Å²) in [5.74, 6) is -0.0715. The first-order valence-corrected chi connectivity index (χ1v) is 8.68. The van der Waals surface area contributed by atoms with E-state index in [1.807, 2.05) is 61.5 Å². The van der Waals surface area contributed by atoms with E-state index in [0.717, 1.165) is 22.5 Å². The van der Waals surface area contributed by atoms with Crippen molar-refractivity contribution in [1.82, 2.24) is 9.88 Å². The molecule has 3 aromatic rings. The number of anilines is 2. The molecule has 132 valence electrons. The molecule has 1 aromatic heterocycles. The average Bonchev–Trinajstić information content (AvgIpc) is 2.64. The van der Waals surface area contributed by atoms with Crippen LogP contribution in [0.1, 0.15) is 21.5 Å². The number of benzene rings is 2. The lowest BCUT2D eigenvalue weighted by Gasteiger charge is -2.18. The van der Waals surface area contributed by atoms with Gasteiger partial charge in [-0.25, -0.2) is 0 Å². The molecule has 1 heterocycles. The molecule has 5 heteroatoms. The third-order valence-electron chi connectivity index (χ3n) is 4.06. The van der Waals surface area contributed by atoms with Gasteiger partial charge in [0.15, 0.2) is 0 Å². The summed E-state index contributed by atoms with van der Waals surface area (Å²) in [7, 11) is 1.79. The highest BCUT2D eigenvalue weighted by molar-refractivity contribution is 6.30. The largest absolute Gasteiger partial charge is 0.354 e. The smallest absolute Gasteiger partial charge is 0.255 e. The number of carbonyl (C=O) groups excluding carboxylic acids is 1. The fourth-order valence-electron chi connectivity index (χ4n) is 2.70. The minimum Gasteiger partial charge on any atom is -0.354 e. The maximum absolute atomic E-state index is 12.7. The van der Waals surface area contributed by atoms with Crippen LogP contribution < -0.4 is 5.32 Å². The van der Waals surface area contributed by atoms with Crippen LogP contribution in [0.3, 0.4) is 0 Å². The summed E-state index contributed by atoms with van der Waals surface area (Å²) < 4.78 is 0. The average molecular weight is 366 g/mol. The van der Waals surface area contributed by atoms with Gasteiger partial charge in [-0.15, -0.1) is 0 Å². The molecule has 2 aromatic carbocycles. The number of nitrogens with zero attached hydrogens (tertiary/aromatic N) is 2. The summed E-state index contributed by atoms with van der Waals surface area (Å²) in [6, 6.07) is 17.3. The third kappa shape index (κ3) is 4.41. The van der Waals surface area contributed by atoms with Crippen molar-refractivity contribution < 1.29 is 4.79 Å². The molecule has 0 aliphatic carbocycles. The number of amides is 1. The van der Waals surface area contributed by atoms with Gasteiger partial charge in [0.2, 0.25) is 0 Å². The number of halogens is 1. The number of hydrogen-bond donors (Lipinski definition) is 1. The number of aryl methyl sites for hydroxylation is 1. The Morgan fingerprint density at radius 1 is 1.12 bits per heavy atom. The lowest BCUT2D eigenvalue weighted by Crippen LogP contribution is -2.26. The van der Waals surface area contributed by atoms with Gasteiger partial charge in [0, 0.05) is 30.5 Å². The molecule has 0 fully saturated rings. The van der Waals surface area contributed by atoms with Crippen LogP contribution in [0, 0.1) is 6.92 Å². The number of pyridine rings is 1. The molecular weight excluding hydrogens is 346 g/mol. The number of carbonyl (C=O) groups is 1. The maximum atomic E-state index is 12.7. The molecule has 0 radical (unpaired) electrons. The number of nitrogens with one attached hydrogen (secondary N) is 1. The van der Waals surface area contributed by atoms with Crippen LogP contribution in [-0.2, 0) is 6.54 Å². The van der Waals surface area contributed by atoms with E-state index in [9.17, 15) is 4.79 Å². The zero-order chi connectivity index (χ0) is 18.5. The molecule has 1 amide bonds. The minimum absolute atomic E-state index is 0.0715. The van der Waals surface area contributed by atoms with Gasteiger partial charge < -0.3 is 10.2 Å². The highest BCUT2D eigenvalue weighted by Gasteiger charge is 2.13. The molecule has 0 saturated heterocycles. The van der Waals surface area contributed by atoms with E-state index < -0.39 is 0 Å². The van der Waals surface area contributed by atoms with Crippen molar-refractivity contribution >= 4 is 28.9 Å². The van der Waals surface area contributed by atoms with Crippen molar-refractivity contribution in [2.75, 3.05) is 12.4 Å². The van der Waals surface area contributed by atoms with E-state index >= 15 is 0 Å². The van der Waals surface area contributed by atoms with Gasteiger partial charge in [-0.05, 0) is 42.3 Å². The molecule has 26 heavy (non-hydrogen) atoms. The van der Waals surface area contributed by atoms with Gasteiger partial charge in [-0.2, -0.15) is 0 Å². The fourth-order valence-corrected chi connectivity index (χ4v) is 2.92. The van der Waals surface area contributed by atoms with E-state index in [1.54, 1.807) is 24.3 Å². The van der Waals surface area contributed by atoms with Gasteiger partial charge in [-0.3, -0.25) is 9.78 Å². The first kappa shape index (κ1) is 18.0. The summed E-state index contributed by atoms with van der Waals surface area (Å²) in [5.41, 5.74) is 4.34. The summed E-state index contributed by atoms with van der Waals surface area (Å²) in [5, 5.41) is 3.98. The number of rotatable bonds is 5. The van der Waals surface area contributed by atoms with E-state index in [1.165, 1.54) is 0 Å². The van der Waals surface area contributed by atoms with Gasteiger partial charge in [0.25, 0.3) is 5.91 Å². The Bertz CT molecular complexity index is 912. The Labute approximate surface area is 158 Å². The summed E-state index contributed by atoms with van der Waals surface area (Å²) >= 11 is 6.00. The maximum Gasteiger partial charge on any atom is 0.255 e. The van der Waals surface area contributed by atoms with E-state index in [4.69, 9.17) is 11.6 Å².